The van der Waals surface area contributed by atoms with E-state index in [0.717, 1.165) is 12.8 Å². The molecular weight excluding hydrogens is 164 g/mol. The van der Waals surface area contributed by atoms with Gasteiger partial charge in [-0.05, 0) is 24.8 Å². The number of amides is 1. The van der Waals surface area contributed by atoms with Gasteiger partial charge in [-0.25, -0.2) is 0 Å². The van der Waals surface area contributed by atoms with Crippen LogP contribution in [-0.4, -0.2) is 19.0 Å². The first-order valence-electron chi connectivity index (χ1n) is 4.80. The number of hydrogen-bond acceptors (Lipinski definition) is 2. The normalized spacial score (nSPS) is 18.8. The second-order valence-electron chi connectivity index (χ2n) is 3.83. The minimum absolute atomic E-state index is 0.102. The van der Waals surface area contributed by atoms with Crippen LogP contribution in [0.1, 0.15) is 25.7 Å². The van der Waals surface area contributed by atoms with Gasteiger partial charge < -0.3 is 11.1 Å². The van der Waals surface area contributed by atoms with Gasteiger partial charge in [0.05, 0.1) is 0 Å². The highest BCUT2D eigenvalue weighted by Crippen LogP contribution is 2.42. The molecule has 0 bridgehead atoms. The summed E-state index contributed by atoms with van der Waals surface area (Å²) in [5.74, 6) is 0.102. The van der Waals surface area contributed by atoms with Crippen LogP contribution < -0.4 is 11.1 Å². The van der Waals surface area contributed by atoms with Crippen LogP contribution >= 0.6 is 0 Å². The molecule has 0 saturated heterocycles. The van der Waals surface area contributed by atoms with Gasteiger partial charge in [0.2, 0.25) is 5.91 Å². The fourth-order valence-corrected chi connectivity index (χ4v) is 1.72. The smallest absolute Gasteiger partial charge is 0.220 e. The molecule has 1 aliphatic rings. The van der Waals surface area contributed by atoms with E-state index in [4.69, 9.17) is 5.73 Å². The van der Waals surface area contributed by atoms with Crippen LogP contribution in [0.25, 0.3) is 0 Å². The molecule has 1 saturated carbocycles. The van der Waals surface area contributed by atoms with E-state index in [2.05, 4.69) is 11.9 Å². The molecule has 0 heterocycles. The SMILES string of the molecule is C=CCNC(=O)CC1(CN)CCC1. The summed E-state index contributed by atoms with van der Waals surface area (Å²) in [5.41, 5.74) is 5.76. The molecule has 0 spiro atoms. The van der Waals surface area contributed by atoms with Crippen LogP contribution in [0.5, 0.6) is 0 Å². The fourth-order valence-electron chi connectivity index (χ4n) is 1.72. The molecule has 0 aliphatic heterocycles. The zero-order valence-electron chi connectivity index (χ0n) is 8.01. The lowest BCUT2D eigenvalue weighted by Crippen LogP contribution is -2.41. The van der Waals surface area contributed by atoms with Gasteiger partial charge in [-0.3, -0.25) is 4.79 Å². The summed E-state index contributed by atoms with van der Waals surface area (Å²) in [6.45, 7) is 4.73. The van der Waals surface area contributed by atoms with Gasteiger partial charge in [0, 0.05) is 13.0 Å². The lowest BCUT2D eigenvalue weighted by Gasteiger charge is -2.40. The standard InChI is InChI=1S/C10H18N2O/c1-2-6-12-9(13)7-10(8-11)4-3-5-10/h2H,1,3-8,11H2,(H,12,13). The Bertz CT molecular complexity index is 192. The highest BCUT2D eigenvalue weighted by Gasteiger charge is 2.37. The molecule has 1 rings (SSSR count). The first-order chi connectivity index (χ1) is 6.22. The Labute approximate surface area is 79.4 Å². The highest BCUT2D eigenvalue weighted by atomic mass is 16.1. The maximum atomic E-state index is 11.4. The largest absolute Gasteiger partial charge is 0.353 e. The highest BCUT2D eigenvalue weighted by molar-refractivity contribution is 5.77. The third-order valence-electron chi connectivity index (χ3n) is 2.83. The van der Waals surface area contributed by atoms with E-state index in [9.17, 15) is 4.79 Å². The van der Waals surface area contributed by atoms with Gasteiger partial charge in [0.15, 0.2) is 0 Å². The van der Waals surface area contributed by atoms with Crippen molar-refractivity contribution in [2.24, 2.45) is 11.1 Å². The molecule has 3 N–H and O–H groups in total. The maximum Gasteiger partial charge on any atom is 0.220 e. The Kier molecular flexibility index (Phi) is 3.48. The Hall–Kier alpha value is -0.830. The molecule has 1 aliphatic carbocycles. The van der Waals surface area contributed by atoms with Gasteiger partial charge in [-0.15, -0.1) is 6.58 Å². The third kappa shape index (κ3) is 2.56. The van der Waals surface area contributed by atoms with E-state index in [0.29, 0.717) is 19.5 Å². The summed E-state index contributed by atoms with van der Waals surface area (Å²) in [5, 5.41) is 2.78. The average molecular weight is 182 g/mol. The Morgan fingerprint density at radius 1 is 1.62 bits per heavy atom. The number of carbonyl (C=O) groups excluding carboxylic acids is 1. The molecule has 0 unspecified atom stereocenters. The minimum Gasteiger partial charge on any atom is -0.353 e. The van der Waals surface area contributed by atoms with Crippen molar-refractivity contribution in [2.45, 2.75) is 25.7 Å². The van der Waals surface area contributed by atoms with E-state index in [-0.39, 0.29) is 11.3 Å². The first kappa shape index (κ1) is 10.3. The summed E-state index contributed by atoms with van der Waals surface area (Å²) in [7, 11) is 0. The molecule has 1 amide bonds. The van der Waals surface area contributed by atoms with Crippen molar-refractivity contribution in [1.29, 1.82) is 0 Å². The van der Waals surface area contributed by atoms with E-state index >= 15 is 0 Å². The average Bonchev–Trinajstić information content (AvgIpc) is 2.08. The minimum atomic E-state index is 0.102. The fraction of sp³-hybridized carbons (Fsp3) is 0.700. The van der Waals surface area contributed by atoms with Crippen molar-refractivity contribution in [2.75, 3.05) is 13.1 Å². The Balaban J connectivity index is 2.29. The van der Waals surface area contributed by atoms with Crippen molar-refractivity contribution in [3.05, 3.63) is 12.7 Å². The molecule has 1 fully saturated rings. The number of carbonyl (C=O) groups is 1. The Morgan fingerprint density at radius 2 is 2.31 bits per heavy atom. The lowest BCUT2D eigenvalue weighted by molar-refractivity contribution is -0.124. The molecule has 3 heteroatoms. The monoisotopic (exact) mass is 182 g/mol. The van der Waals surface area contributed by atoms with Crippen molar-refractivity contribution >= 4 is 5.91 Å². The van der Waals surface area contributed by atoms with Gasteiger partial charge in [0.25, 0.3) is 0 Å². The maximum absolute atomic E-state index is 11.4. The molecule has 0 atom stereocenters. The predicted octanol–water partition coefficient (Wildman–Crippen LogP) is 0.808. The molecule has 0 aromatic carbocycles. The molecule has 0 aromatic heterocycles. The van der Waals surface area contributed by atoms with E-state index < -0.39 is 0 Å². The molecule has 0 aromatic rings. The van der Waals surface area contributed by atoms with Gasteiger partial charge in [-0.1, -0.05) is 12.5 Å². The quantitative estimate of drug-likeness (QED) is 0.618. The summed E-state index contributed by atoms with van der Waals surface area (Å²) in [6.07, 6.45) is 5.69. The van der Waals surface area contributed by atoms with Crippen LogP contribution in [-0.2, 0) is 4.79 Å². The number of nitrogens with two attached hydrogens (primary N) is 1. The second kappa shape index (κ2) is 4.42. The van der Waals surface area contributed by atoms with Crippen LogP contribution in [0, 0.1) is 5.41 Å². The topological polar surface area (TPSA) is 55.1 Å². The van der Waals surface area contributed by atoms with Crippen molar-refractivity contribution in [3.8, 4) is 0 Å². The van der Waals surface area contributed by atoms with E-state index in [1.165, 1.54) is 6.42 Å². The third-order valence-corrected chi connectivity index (χ3v) is 2.83. The molecular formula is C10H18N2O. The summed E-state index contributed by atoms with van der Waals surface area (Å²) in [6, 6.07) is 0. The van der Waals surface area contributed by atoms with Crippen LogP contribution in [0.4, 0.5) is 0 Å². The molecule has 13 heavy (non-hydrogen) atoms. The number of rotatable bonds is 5. The number of hydrogen-bond donors (Lipinski definition) is 2. The van der Waals surface area contributed by atoms with Crippen LogP contribution in [0.2, 0.25) is 0 Å². The van der Waals surface area contributed by atoms with E-state index in [1.54, 1.807) is 6.08 Å². The predicted molar refractivity (Wildman–Crippen MR) is 53.2 cm³/mol. The van der Waals surface area contributed by atoms with Gasteiger partial charge in [0.1, 0.15) is 0 Å². The summed E-state index contributed by atoms with van der Waals surface area (Å²) >= 11 is 0. The van der Waals surface area contributed by atoms with Crippen molar-refractivity contribution < 1.29 is 4.79 Å². The van der Waals surface area contributed by atoms with E-state index in [1.807, 2.05) is 0 Å². The van der Waals surface area contributed by atoms with Crippen LogP contribution in [0.3, 0.4) is 0 Å². The van der Waals surface area contributed by atoms with Gasteiger partial charge >= 0.3 is 0 Å². The molecule has 0 radical (unpaired) electrons. The van der Waals surface area contributed by atoms with Gasteiger partial charge in [-0.2, -0.15) is 0 Å². The summed E-state index contributed by atoms with van der Waals surface area (Å²) in [4.78, 5) is 11.4. The summed E-state index contributed by atoms with van der Waals surface area (Å²) < 4.78 is 0. The zero-order valence-corrected chi connectivity index (χ0v) is 8.01. The van der Waals surface area contributed by atoms with Crippen molar-refractivity contribution in [3.63, 3.8) is 0 Å². The molecule has 74 valence electrons. The second-order valence-corrected chi connectivity index (χ2v) is 3.83. The van der Waals surface area contributed by atoms with Crippen molar-refractivity contribution in [1.82, 2.24) is 5.32 Å². The Morgan fingerprint density at radius 3 is 2.69 bits per heavy atom. The number of nitrogens with one attached hydrogen (secondary N) is 1. The lowest BCUT2D eigenvalue weighted by atomic mass is 9.66. The first-order valence-corrected chi connectivity index (χ1v) is 4.80. The zero-order chi connectivity index (χ0) is 9.73. The molecule has 3 nitrogen and oxygen atoms in total. The van der Waals surface area contributed by atoms with Crippen LogP contribution in [0.15, 0.2) is 12.7 Å².